The van der Waals surface area contributed by atoms with E-state index < -0.39 is 0 Å². The standard InChI is InChI=1S/C11H11NO/c1-4-5-6-10-7-8-11(13-10)9-12(2)3/h1,7-8H,9H2,2-3H3. The zero-order valence-corrected chi connectivity index (χ0v) is 7.79. The Morgan fingerprint density at radius 3 is 2.85 bits per heavy atom. The third-order valence-electron chi connectivity index (χ3n) is 1.39. The van der Waals surface area contributed by atoms with Crippen LogP contribution in [0.4, 0.5) is 0 Å². The lowest BCUT2D eigenvalue weighted by Gasteiger charge is -2.04. The maximum absolute atomic E-state index is 5.39. The van der Waals surface area contributed by atoms with Crippen molar-refractivity contribution in [3.8, 4) is 24.2 Å². The minimum Gasteiger partial charge on any atom is -0.451 e. The van der Waals surface area contributed by atoms with Crippen LogP contribution in [0.15, 0.2) is 16.5 Å². The third-order valence-corrected chi connectivity index (χ3v) is 1.39. The number of rotatable bonds is 2. The van der Waals surface area contributed by atoms with E-state index in [1.165, 1.54) is 0 Å². The Kier molecular flexibility index (Phi) is 3.20. The number of hydrogen-bond acceptors (Lipinski definition) is 2. The van der Waals surface area contributed by atoms with Gasteiger partial charge < -0.3 is 9.32 Å². The molecule has 0 unspecified atom stereocenters. The molecular weight excluding hydrogens is 162 g/mol. The number of hydrogen-bond donors (Lipinski definition) is 0. The third kappa shape index (κ3) is 3.07. The van der Waals surface area contributed by atoms with Crippen LogP contribution >= 0.6 is 0 Å². The van der Waals surface area contributed by atoms with Gasteiger partial charge in [-0.3, -0.25) is 0 Å². The van der Waals surface area contributed by atoms with E-state index >= 15 is 0 Å². The lowest BCUT2D eigenvalue weighted by molar-refractivity contribution is 0.348. The molecule has 0 spiro atoms. The van der Waals surface area contributed by atoms with Gasteiger partial charge in [0, 0.05) is 0 Å². The highest BCUT2D eigenvalue weighted by atomic mass is 16.3. The van der Waals surface area contributed by atoms with Crippen molar-refractivity contribution in [2.24, 2.45) is 0 Å². The molecule has 0 atom stereocenters. The zero-order valence-electron chi connectivity index (χ0n) is 7.79. The van der Waals surface area contributed by atoms with E-state index in [4.69, 9.17) is 10.8 Å². The highest BCUT2D eigenvalue weighted by Gasteiger charge is 1.99. The van der Waals surface area contributed by atoms with Crippen molar-refractivity contribution in [1.82, 2.24) is 4.90 Å². The highest BCUT2D eigenvalue weighted by Crippen LogP contribution is 2.07. The van der Waals surface area contributed by atoms with E-state index in [0.717, 1.165) is 12.3 Å². The number of terminal acetylenes is 1. The molecule has 1 heterocycles. The van der Waals surface area contributed by atoms with Gasteiger partial charge in [0.2, 0.25) is 0 Å². The van der Waals surface area contributed by atoms with Crippen molar-refractivity contribution in [1.29, 1.82) is 0 Å². The van der Waals surface area contributed by atoms with Gasteiger partial charge in [-0.25, -0.2) is 0 Å². The lowest BCUT2D eigenvalue weighted by Crippen LogP contribution is -2.09. The van der Waals surface area contributed by atoms with Gasteiger partial charge in [-0.1, -0.05) is 0 Å². The molecule has 1 rings (SSSR count). The Morgan fingerprint density at radius 1 is 1.46 bits per heavy atom. The van der Waals surface area contributed by atoms with Gasteiger partial charge in [0.25, 0.3) is 0 Å². The van der Waals surface area contributed by atoms with Crippen LogP contribution in [-0.4, -0.2) is 19.0 Å². The molecule has 2 nitrogen and oxygen atoms in total. The largest absolute Gasteiger partial charge is 0.451 e. The predicted octanol–water partition coefficient (Wildman–Crippen LogP) is 1.33. The molecule has 0 radical (unpaired) electrons. The summed E-state index contributed by atoms with van der Waals surface area (Å²) >= 11 is 0. The molecule has 0 aliphatic rings. The summed E-state index contributed by atoms with van der Waals surface area (Å²) in [6, 6.07) is 3.73. The molecule has 0 saturated carbocycles. The topological polar surface area (TPSA) is 16.4 Å². The molecule has 0 aliphatic heterocycles. The van der Waals surface area contributed by atoms with Crippen molar-refractivity contribution in [3.63, 3.8) is 0 Å². The second-order valence-corrected chi connectivity index (χ2v) is 2.90. The fourth-order valence-electron chi connectivity index (χ4n) is 0.939. The van der Waals surface area contributed by atoms with Crippen LogP contribution in [0.3, 0.4) is 0 Å². The van der Waals surface area contributed by atoms with Gasteiger partial charge in [0.15, 0.2) is 5.76 Å². The van der Waals surface area contributed by atoms with Crippen molar-refractivity contribution in [3.05, 3.63) is 23.7 Å². The van der Waals surface area contributed by atoms with Crippen LogP contribution in [0.1, 0.15) is 11.5 Å². The van der Waals surface area contributed by atoms with Gasteiger partial charge in [-0.15, -0.1) is 6.42 Å². The molecule has 0 fully saturated rings. The molecule has 66 valence electrons. The molecule has 0 saturated heterocycles. The van der Waals surface area contributed by atoms with E-state index in [1.54, 1.807) is 0 Å². The van der Waals surface area contributed by atoms with Gasteiger partial charge in [0.1, 0.15) is 5.76 Å². The molecule has 0 aromatic carbocycles. The summed E-state index contributed by atoms with van der Waals surface area (Å²) in [5.74, 6) is 8.97. The second kappa shape index (κ2) is 4.40. The average Bonchev–Trinajstić information content (AvgIpc) is 2.48. The van der Waals surface area contributed by atoms with Crippen molar-refractivity contribution in [2.75, 3.05) is 14.1 Å². The predicted molar refractivity (Wildman–Crippen MR) is 51.8 cm³/mol. The summed E-state index contributed by atoms with van der Waals surface area (Å²) in [7, 11) is 3.96. The molecule has 1 aromatic rings. The second-order valence-electron chi connectivity index (χ2n) is 2.90. The molecule has 2 heteroatoms. The summed E-state index contributed by atoms with van der Waals surface area (Å²) < 4.78 is 5.39. The Balaban J connectivity index is 2.70. The monoisotopic (exact) mass is 173 g/mol. The van der Waals surface area contributed by atoms with Crippen molar-refractivity contribution >= 4 is 0 Å². The summed E-state index contributed by atoms with van der Waals surface area (Å²) in [5.41, 5.74) is 0. The Labute approximate surface area is 78.5 Å². The summed E-state index contributed by atoms with van der Waals surface area (Å²) in [6.45, 7) is 0.776. The molecule has 0 amide bonds. The molecule has 0 N–H and O–H groups in total. The van der Waals surface area contributed by atoms with Crippen molar-refractivity contribution in [2.45, 2.75) is 6.54 Å². The average molecular weight is 173 g/mol. The van der Waals surface area contributed by atoms with E-state index in [0.29, 0.717) is 5.76 Å². The van der Waals surface area contributed by atoms with E-state index in [2.05, 4.69) is 17.8 Å². The van der Waals surface area contributed by atoms with Crippen molar-refractivity contribution < 1.29 is 4.42 Å². The zero-order chi connectivity index (χ0) is 9.68. The van der Waals surface area contributed by atoms with E-state index in [1.807, 2.05) is 31.1 Å². The van der Waals surface area contributed by atoms with Crippen LogP contribution in [-0.2, 0) is 6.54 Å². The lowest BCUT2D eigenvalue weighted by atomic mass is 10.4. The Bertz CT molecular complexity index is 371. The quantitative estimate of drug-likeness (QED) is 0.627. The minimum atomic E-state index is 0.620. The highest BCUT2D eigenvalue weighted by molar-refractivity contribution is 5.33. The Hall–Kier alpha value is -1.64. The first kappa shape index (κ1) is 9.45. The van der Waals surface area contributed by atoms with Gasteiger partial charge >= 0.3 is 0 Å². The first-order valence-corrected chi connectivity index (χ1v) is 3.92. The normalized spacial score (nSPS) is 9.08. The first-order valence-electron chi connectivity index (χ1n) is 3.92. The fourth-order valence-corrected chi connectivity index (χ4v) is 0.939. The van der Waals surface area contributed by atoms with Crippen LogP contribution in [0.25, 0.3) is 0 Å². The van der Waals surface area contributed by atoms with Gasteiger partial charge in [0.05, 0.1) is 6.54 Å². The molecule has 13 heavy (non-hydrogen) atoms. The maximum Gasteiger partial charge on any atom is 0.178 e. The molecule has 0 bridgehead atoms. The minimum absolute atomic E-state index is 0.620. The summed E-state index contributed by atoms with van der Waals surface area (Å²) in [5, 5.41) is 0. The van der Waals surface area contributed by atoms with Crippen LogP contribution < -0.4 is 0 Å². The maximum atomic E-state index is 5.39. The van der Waals surface area contributed by atoms with Crippen LogP contribution in [0.5, 0.6) is 0 Å². The number of nitrogens with zero attached hydrogens (tertiary/aromatic N) is 1. The van der Waals surface area contributed by atoms with Gasteiger partial charge in [-0.05, 0) is 44.0 Å². The molecule has 1 aromatic heterocycles. The summed E-state index contributed by atoms with van der Waals surface area (Å²) in [6.07, 6.45) is 4.99. The van der Waals surface area contributed by atoms with E-state index in [-0.39, 0.29) is 0 Å². The van der Waals surface area contributed by atoms with E-state index in [9.17, 15) is 0 Å². The Morgan fingerprint density at radius 2 is 2.23 bits per heavy atom. The van der Waals surface area contributed by atoms with Crippen LogP contribution in [0.2, 0.25) is 0 Å². The molecule has 0 aliphatic carbocycles. The van der Waals surface area contributed by atoms with Crippen LogP contribution in [0, 0.1) is 24.2 Å². The van der Waals surface area contributed by atoms with Gasteiger partial charge in [-0.2, -0.15) is 0 Å². The SMILES string of the molecule is C#CC#Cc1ccc(CN(C)C)o1. The fraction of sp³-hybridized carbons (Fsp3) is 0.273. The number of furan rings is 1. The summed E-state index contributed by atoms with van der Waals surface area (Å²) in [4.78, 5) is 2.03. The smallest absolute Gasteiger partial charge is 0.178 e. The first-order chi connectivity index (χ1) is 6.22. The molecular formula is C11H11NO.